The molecular formula is C19H16ClN5O2. The van der Waals surface area contributed by atoms with Crippen LogP contribution in [0.25, 0.3) is 16.9 Å². The molecule has 0 aliphatic carbocycles. The van der Waals surface area contributed by atoms with Crippen LogP contribution in [0.4, 0.5) is 11.6 Å². The number of ether oxygens (including phenoxy) is 2. The van der Waals surface area contributed by atoms with Crippen LogP contribution >= 0.6 is 11.6 Å². The predicted molar refractivity (Wildman–Crippen MR) is 104 cm³/mol. The summed E-state index contributed by atoms with van der Waals surface area (Å²) in [4.78, 5) is 9.00. The van der Waals surface area contributed by atoms with Crippen LogP contribution in [0, 0.1) is 0 Å². The van der Waals surface area contributed by atoms with E-state index in [0.29, 0.717) is 28.1 Å². The number of aromatic nitrogens is 4. The highest BCUT2D eigenvalue weighted by atomic mass is 35.5. The number of nitrogens with zero attached hydrogens (tertiary/aromatic N) is 4. The second kappa shape index (κ2) is 7.13. The van der Waals surface area contributed by atoms with E-state index in [9.17, 15) is 0 Å². The average Bonchev–Trinajstić information content (AvgIpc) is 3.16. The molecule has 0 saturated carbocycles. The number of methoxy groups -OCH3 is 2. The first-order chi connectivity index (χ1) is 13.2. The SMILES string of the molecule is COc1ccc(-c2cc3ncnn3c(Nc3cccc(Cl)c3)n2)cc1OC. The number of fused-ring (bicyclic) bond motifs is 1. The fraction of sp³-hybridized carbons (Fsp3) is 0.105. The summed E-state index contributed by atoms with van der Waals surface area (Å²) in [6.45, 7) is 0. The lowest BCUT2D eigenvalue weighted by molar-refractivity contribution is 0.355. The quantitative estimate of drug-likeness (QED) is 0.558. The van der Waals surface area contributed by atoms with E-state index in [1.165, 1.54) is 6.33 Å². The van der Waals surface area contributed by atoms with Crippen LogP contribution in [0.1, 0.15) is 0 Å². The van der Waals surface area contributed by atoms with Crippen LogP contribution in [0.15, 0.2) is 54.9 Å². The standard InChI is InChI=1S/C19H16ClN5O2/c1-26-16-7-6-12(8-17(16)27-2)15-10-18-21-11-22-25(18)19(24-15)23-14-5-3-4-13(20)9-14/h3-11H,1-2H3,(H,23,24). The summed E-state index contributed by atoms with van der Waals surface area (Å²) in [5.41, 5.74) is 3.06. The molecular weight excluding hydrogens is 366 g/mol. The van der Waals surface area contributed by atoms with Crippen molar-refractivity contribution in [2.24, 2.45) is 0 Å². The summed E-state index contributed by atoms with van der Waals surface area (Å²) in [7, 11) is 3.20. The van der Waals surface area contributed by atoms with Crippen molar-refractivity contribution in [3.63, 3.8) is 0 Å². The highest BCUT2D eigenvalue weighted by molar-refractivity contribution is 6.30. The van der Waals surface area contributed by atoms with Gasteiger partial charge in [-0.05, 0) is 36.4 Å². The Morgan fingerprint density at radius 1 is 1.00 bits per heavy atom. The molecule has 0 atom stereocenters. The molecule has 0 bridgehead atoms. The van der Waals surface area contributed by atoms with Gasteiger partial charge in [-0.2, -0.15) is 9.61 Å². The molecule has 0 saturated heterocycles. The molecule has 0 fully saturated rings. The van der Waals surface area contributed by atoms with Gasteiger partial charge >= 0.3 is 0 Å². The van der Waals surface area contributed by atoms with E-state index in [2.05, 4.69) is 15.4 Å². The molecule has 8 heteroatoms. The molecule has 2 aromatic carbocycles. The second-order valence-corrected chi connectivity index (χ2v) is 6.14. The second-order valence-electron chi connectivity index (χ2n) is 5.70. The van der Waals surface area contributed by atoms with Gasteiger partial charge in [-0.15, -0.1) is 0 Å². The van der Waals surface area contributed by atoms with E-state index in [4.69, 9.17) is 26.1 Å². The maximum atomic E-state index is 6.08. The van der Waals surface area contributed by atoms with E-state index in [0.717, 1.165) is 16.9 Å². The summed E-state index contributed by atoms with van der Waals surface area (Å²) in [6, 6.07) is 14.9. The minimum atomic E-state index is 0.525. The van der Waals surface area contributed by atoms with Crippen molar-refractivity contribution in [1.82, 2.24) is 19.6 Å². The largest absolute Gasteiger partial charge is 0.493 e. The lowest BCUT2D eigenvalue weighted by Gasteiger charge is -2.12. The molecule has 0 spiro atoms. The number of hydrogen-bond acceptors (Lipinski definition) is 6. The molecule has 2 heterocycles. The van der Waals surface area contributed by atoms with E-state index >= 15 is 0 Å². The molecule has 0 unspecified atom stereocenters. The zero-order valence-corrected chi connectivity index (χ0v) is 15.4. The molecule has 0 aliphatic rings. The van der Waals surface area contributed by atoms with Crippen molar-refractivity contribution in [1.29, 1.82) is 0 Å². The molecule has 2 aromatic heterocycles. The number of benzene rings is 2. The Hall–Kier alpha value is -3.32. The molecule has 4 rings (SSSR count). The number of hydrogen-bond donors (Lipinski definition) is 1. The minimum Gasteiger partial charge on any atom is -0.493 e. The molecule has 4 aromatic rings. The van der Waals surface area contributed by atoms with Crippen molar-refractivity contribution in [3.8, 4) is 22.8 Å². The number of rotatable bonds is 5. The zero-order chi connectivity index (χ0) is 18.8. The first kappa shape index (κ1) is 17.1. The molecule has 0 radical (unpaired) electrons. The smallest absolute Gasteiger partial charge is 0.231 e. The Morgan fingerprint density at radius 3 is 2.63 bits per heavy atom. The van der Waals surface area contributed by atoms with Gasteiger partial charge in [0, 0.05) is 22.3 Å². The van der Waals surface area contributed by atoms with Gasteiger partial charge in [-0.1, -0.05) is 17.7 Å². The third-order valence-electron chi connectivity index (χ3n) is 4.03. The molecule has 27 heavy (non-hydrogen) atoms. The number of nitrogens with one attached hydrogen (secondary N) is 1. The first-order valence-corrected chi connectivity index (χ1v) is 8.51. The summed E-state index contributed by atoms with van der Waals surface area (Å²) in [5, 5.41) is 8.11. The van der Waals surface area contributed by atoms with Crippen molar-refractivity contribution in [2.75, 3.05) is 19.5 Å². The van der Waals surface area contributed by atoms with Crippen molar-refractivity contribution >= 4 is 28.9 Å². The lowest BCUT2D eigenvalue weighted by atomic mass is 10.1. The van der Waals surface area contributed by atoms with Crippen LogP contribution in [0.3, 0.4) is 0 Å². The summed E-state index contributed by atoms with van der Waals surface area (Å²) in [6.07, 6.45) is 1.48. The third kappa shape index (κ3) is 3.37. The van der Waals surface area contributed by atoms with E-state index in [1.54, 1.807) is 18.7 Å². The van der Waals surface area contributed by atoms with Crippen molar-refractivity contribution in [2.45, 2.75) is 0 Å². The predicted octanol–water partition coefficient (Wildman–Crippen LogP) is 4.21. The number of anilines is 2. The zero-order valence-electron chi connectivity index (χ0n) is 14.7. The molecule has 1 N–H and O–H groups in total. The highest BCUT2D eigenvalue weighted by Gasteiger charge is 2.12. The summed E-state index contributed by atoms with van der Waals surface area (Å²) >= 11 is 6.08. The molecule has 7 nitrogen and oxygen atoms in total. The van der Waals surface area contributed by atoms with Crippen molar-refractivity contribution in [3.05, 3.63) is 59.9 Å². The van der Waals surface area contributed by atoms with Crippen LogP contribution < -0.4 is 14.8 Å². The Morgan fingerprint density at radius 2 is 1.85 bits per heavy atom. The van der Waals surface area contributed by atoms with E-state index in [-0.39, 0.29) is 0 Å². The fourth-order valence-electron chi connectivity index (χ4n) is 2.75. The van der Waals surface area contributed by atoms with Gasteiger partial charge in [-0.25, -0.2) is 9.97 Å². The van der Waals surface area contributed by atoms with Gasteiger partial charge in [0.15, 0.2) is 17.1 Å². The average molecular weight is 382 g/mol. The van der Waals surface area contributed by atoms with Crippen molar-refractivity contribution < 1.29 is 9.47 Å². The molecule has 136 valence electrons. The van der Waals surface area contributed by atoms with Gasteiger partial charge in [0.25, 0.3) is 0 Å². The first-order valence-electron chi connectivity index (χ1n) is 8.13. The molecule has 0 aliphatic heterocycles. The summed E-state index contributed by atoms with van der Waals surface area (Å²) < 4.78 is 12.3. The maximum absolute atomic E-state index is 6.08. The van der Waals surface area contributed by atoms with Crippen LogP contribution in [0.5, 0.6) is 11.5 Å². The number of halogens is 1. The monoisotopic (exact) mass is 381 g/mol. The van der Waals surface area contributed by atoms with Gasteiger partial charge in [0.1, 0.15) is 6.33 Å². The third-order valence-corrected chi connectivity index (χ3v) is 4.26. The van der Waals surface area contributed by atoms with E-state index < -0.39 is 0 Å². The van der Waals surface area contributed by atoms with Crippen LogP contribution in [-0.4, -0.2) is 33.8 Å². The minimum absolute atomic E-state index is 0.525. The maximum Gasteiger partial charge on any atom is 0.231 e. The summed E-state index contributed by atoms with van der Waals surface area (Å²) in [5.74, 6) is 1.81. The Labute approximate surface area is 160 Å². The van der Waals surface area contributed by atoms with E-state index in [1.807, 2.05) is 48.5 Å². The van der Waals surface area contributed by atoms with Gasteiger partial charge in [-0.3, -0.25) is 0 Å². The lowest BCUT2D eigenvalue weighted by Crippen LogP contribution is -2.04. The molecule has 0 amide bonds. The highest BCUT2D eigenvalue weighted by Crippen LogP contribution is 2.32. The Balaban J connectivity index is 1.81. The Bertz CT molecular complexity index is 1110. The normalized spacial score (nSPS) is 10.8. The van der Waals surface area contributed by atoms with Crippen LogP contribution in [0.2, 0.25) is 5.02 Å². The van der Waals surface area contributed by atoms with Gasteiger partial charge in [0.05, 0.1) is 19.9 Å². The van der Waals surface area contributed by atoms with Gasteiger partial charge < -0.3 is 14.8 Å². The fourth-order valence-corrected chi connectivity index (χ4v) is 2.94. The topological polar surface area (TPSA) is 73.6 Å². The van der Waals surface area contributed by atoms with Crippen LogP contribution in [-0.2, 0) is 0 Å². The van der Waals surface area contributed by atoms with Gasteiger partial charge in [0.2, 0.25) is 5.95 Å². The Kier molecular flexibility index (Phi) is 4.52.